The van der Waals surface area contributed by atoms with Crippen molar-refractivity contribution in [1.29, 1.82) is 0 Å². The van der Waals surface area contributed by atoms with Crippen LogP contribution in [0.3, 0.4) is 0 Å². The predicted octanol–water partition coefficient (Wildman–Crippen LogP) is 4.63. The van der Waals surface area contributed by atoms with E-state index in [1.807, 2.05) is 36.5 Å². The van der Waals surface area contributed by atoms with Gasteiger partial charge in [0.05, 0.1) is 0 Å². The average Bonchev–Trinajstić information content (AvgIpc) is 2.61. The molecule has 0 spiro atoms. The first-order valence-electron chi connectivity index (χ1n) is 7.38. The maximum Gasteiger partial charge on any atom is 0.0346 e. The van der Waals surface area contributed by atoms with E-state index in [4.69, 9.17) is 0 Å². The van der Waals surface area contributed by atoms with Gasteiger partial charge in [-0.15, -0.1) is 0 Å². The summed E-state index contributed by atoms with van der Waals surface area (Å²) in [6.45, 7) is 0.767. The smallest absolute Gasteiger partial charge is 0.0346 e. The highest BCUT2D eigenvalue weighted by atomic mass is 14.8. The van der Waals surface area contributed by atoms with Crippen molar-refractivity contribution in [2.45, 2.75) is 0 Å². The standard InChI is InChI=1S/C20H18N2/c1-3-8-17(9-4-1)20(18-10-7-14-21-16-18)13-15-22-19-11-5-2-6-12-19/h1-14,16,22H,15H2. The van der Waals surface area contributed by atoms with E-state index in [1.165, 1.54) is 11.1 Å². The van der Waals surface area contributed by atoms with Gasteiger partial charge in [-0.3, -0.25) is 4.98 Å². The second kappa shape index (κ2) is 7.23. The first-order chi connectivity index (χ1) is 10.9. The monoisotopic (exact) mass is 286 g/mol. The quantitative estimate of drug-likeness (QED) is 0.740. The molecule has 0 saturated heterocycles. The molecule has 0 aliphatic heterocycles. The summed E-state index contributed by atoms with van der Waals surface area (Å²) in [5.41, 5.74) is 4.64. The van der Waals surface area contributed by atoms with Gasteiger partial charge < -0.3 is 5.32 Å². The molecule has 2 nitrogen and oxygen atoms in total. The molecule has 0 unspecified atom stereocenters. The number of anilines is 1. The molecule has 0 bridgehead atoms. The van der Waals surface area contributed by atoms with E-state index in [-0.39, 0.29) is 0 Å². The normalized spacial score (nSPS) is 11.2. The number of hydrogen-bond acceptors (Lipinski definition) is 2. The summed E-state index contributed by atoms with van der Waals surface area (Å²) in [6, 6.07) is 24.7. The van der Waals surface area contributed by atoms with Gasteiger partial charge >= 0.3 is 0 Å². The molecule has 2 heteroatoms. The van der Waals surface area contributed by atoms with Crippen molar-refractivity contribution in [3.05, 3.63) is 102 Å². The van der Waals surface area contributed by atoms with E-state index in [9.17, 15) is 0 Å². The van der Waals surface area contributed by atoms with E-state index in [1.54, 1.807) is 6.20 Å². The molecule has 0 aliphatic carbocycles. The third-order valence-corrected chi connectivity index (χ3v) is 3.44. The molecule has 0 fully saturated rings. The molecule has 0 aliphatic rings. The highest BCUT2D eigenvalue weighted by Gasteiger charge is 2.04. The Kier molecular flexibility index (Phi) is 4.63. The lowest BCUT2D eigenvalue weighted by molar-refractivity contribution is 1.29. The minimum absolute atomic E-state index is 0.767. The van der Waals surface area contributed by atoms with Crippen molar-refractivity contribution in [3.63, 3.8) is 0 Å². The fourth-order valence-corrected chi connectivity index (χ4v) is 2.37. The Morgan fingerprint density at radius 1 is 0.818 bits per heavy atom. The van der Waals surface area contributed by atoms with Crippen LogP contribution in [0, 0.1) is 0 Å². The lowest BCUT2D eigenvalue weighted by Gasteiger charge is -2.09. The van der Waals surface area contributed by atoms with Gasteiger partial charge in [0.15, 0.2) is 0 Å². The Hall–Kier alpha value is -2.87. The summed E-state index contributed by atoms with van der Waals surface area (Å²) in [7, 11) is 0. The van der Waals surface area contributed by atoms with E-state index in [0.29, 0.717) is 0 Å². The van der Waals surface area contributed by atoms with Crippen molar-refractivity contribution in [1.82, 2.24) is 4.98 Å². The van der Waals surface area contributed by atoms with Crippen molar-refractivity contribution in [2.75, 3.05) is 11.9 Å². The van der Waals surface area contributed by atoms with Gasteiger partial charge in [-0.25, -0.2) is 0 Å². The van der Waals surface area contributed by atoms with E-state index < -0.39 is 0 Å². The number of nitrogens with zero attached hydrogens (tertiary/aromatic N) is 1. The molecular formula is C20H18N2. The summed E-state index contributed by atoms with van der Waals surface area (Å²) in [6.07, 6.45) is 5.91. The second-order valence-electron chi connectivity index (χ2n) is 4.97. The van der Waals surface area contributed by atoms with Crippen LogP contribution in [0.1, 0.15) is 11.1 Å². The molecule has 3 aromatic rings. The minimum atomic E-state index is 0.767. The van der Waals surface area contributed by atoms with Gasteiger partial charge in [0.2, 0.25) is 0 Å². The maximum atomic E-state index is 4.24. The van der Waals surface area contributed by atoms with Crippen LogP contribution in [0.5, 0.6) is 0 Å². The molecule has 108 valence electrons. The molecule has 1 heterocycles. The van der Waals surface area contributed by atoms with Gasteiger partial charge in [0.25, 0.3) is 0 Å². The fourth-order valence-electron chi connectivity index (χ4n) is 2.37. The number of hydrogen-bond donors (Lipinski definition) is 1. The van der Waals surface area contributed by atoms with Crippen LogP contribution >= 0.6 is 0 Å². The molecule has 0 amide bonds. The van der Waals surface area contributed by atoms with Crippen LogP contribution in [0.2, 0.25) is 0 Å². The zero-order chi connectivity index (χ0) is 15.0. The van der Waals surface area contributed by atoms with Gasteiger partial charge in [-0.1, -0.05) is 60.7 Å². The van der Waals surface area contributed by atoms with E-state index >= 15 is 0 Å². The molecule has 0 saturated carbocycles. The van der Waals surface area contributed by atoms with E-state index in [2.05, 4.69) is 58.8 Å². The summed E-state index contributed by atoms with van der Waals surface area (Å²) in [5.74, 6) is 0. The zero-order valence-electron chi connectivity index (χ0n) is 12.3. The van der Waals surface area contributed by atoms with E-state index in [0.717, 1.165) is 17.8 Å². The third-order valence-electron chi connectivity index (χ3n) is 3.44. The van der Waals surface area contributed by atoms with Crippen LogP contribution in [0.4, 0.5) is 5.69 Å². The van der Waals surface area contributed by atoms with Gasteiger partial charge in [0, 0.05) is 30.2 Å². The Labute approximate surface area is 131 Å². The number of aromatic nitrogens is 1. The summed E-state index contributed by atoms with van der Waals surface area (Å²) in [5, 5.41) is 3.42. The van der Waals surface area contributed by atoms with Gasteiger partial charge in [0.1, 0.15) is 0 Å². The van der Waals surface area contributed by atoms with Gasteiger partial charge in [-0.2, -0.15) is 0 Å². The number of rotatable bonds is 5. The SMILES string of the molecule is C(CNc1ccccc1)=C(c1ccccc1)c1cccnc1. The van der Waals surface area contributed by atoms with Crippen LogP contribution in [-0.4, -0.2) is 11.5 Å². The molecule has 2 aromatic carbocycles. The minimum Gasteiger partial charge on any atom is -0.382 e. The Bertz CT molecular complexity index is 678. The third kappa shape index (κ3) is 3.61. The van der Waals surface area contributed by atoms with Crippen LogP contribution in [-0.2, 0) is 0 Å². The lowest BCUT2D eigenvalue weighted by atomic mass is 9.99. The predicted molar refractivity (Wildman–Crippen MR) is 92.7 cm³/mol. The first kappa shape index (κ1) is 14.1. The number of para-hydroxylation sites is 1. The molecule has 1 N–H and O–H groups in total. The fraction of sp³-hybridized carbons (Fsp3) is 0.0500. The summed E-state index contributed by atoms with van der Waals surface area (Å²) >= 11 is 0. The Morgan fingerprint density at radius 3 is 2.18 bits per heavy atom. The molecule has 3 rings (SSSR count). The largest absolute Gasteiger partial charge is 0.382 e. The summed E-state index contributed by atoms with van der Waals surface area (Å²) in [4.78, 5) is 4.24. The topological polar surface area (TPSA) is 24.9 Å². The highest BCUT2D eigenvalue weighted by molar-refractivity contribution is 5.79. The van der Waals surface area contributed by atoms with Crippen molar-refractivity contribution in [3.8, 4) is 0 Å². The second-order valence-corrected chi connectivity index (χ2v) is 4.97. The first-order valence-corrected chi connectivity index (χ1v) is 7.38. The van der Waals surface area contributed by atoms with Crippen LogP contribution in [0.25, 0.3) is 5.57 Å². The molecule has 22 heavy (non-hydrogen) atoms. The number of pyridine rings is 1. The van der Waals surface area contributed by atoms with Gasteiger partial charge in [-0.05, 0) is 29.3 Å². The highest BCUT2D eigenvalue weighted by Crippen LogP contribution is 2.22. The zero-order valence-corrected chi connectivity index (χ0v) is 12.3. The Balaban J connectivity index is 1.84. The summed E-state index contributed by atoms with van der Waals surface area (Å²) < 4.78 is 0. The van der Waals surface area contributed by atoms with Crippen LogP contribution in [0.15, 0.2) is 91.3 Å². The number of benzene rings is 2. The molecule has 0 radical (unpaired) electrons. The van der Waals surface area contributed by atoms with Crippen LogP contribution < -0.4 is 5.32 Å². The Morgan fingerprint density at radius 2 is 1.50 bits per heavy atom. The molecular weight excluding hydrogens is 268 g/mol. The average molecular weight is 286 g/mol. The lowest BCUT2D eigenvalue weighted by Crippen LogP contribution is -2.00. The number of nitrogens with one attached hydrogen (secondary N) is 1. The van der Waals surface area contributed by atoms with Crippen molar-refractivity contribution in [2.24, 2.45) is 0 Å². The maximum absolute atomic E-state index is 4.24. The molecule has 0 atom stereocenters. The molecule has 1 aromatic heterocycles. The van der Waals surface area contributed by atoms with Crippen molar-refractivity contribution < 1.29 is 0 Å². The van der Waals surface area contributed by atoms with Crippen molar-refractivity contribution >= 4 is 11.3 Å².